The van der Waals surface area contributed by atoms with Gasteiger partial charge in [0.15, 0.2) is 0 Å². The fourth-order valence-corrected chi connectivity index (χ4v) is 2.60. The standard InChI is InChI=1S/C13H28N2O/c1-12(2)5-4-6-13(11-14,8-7-12)15-9-10-16-3/h15H,4-11,14H2,1-3H3. The highest BCUT2D eigenvalue weighted by Gasteiger charge is 2.33. The third-order valence-corrected chi connectivity index (χ3v) is 3.99. The summed E-state index contributed by atoms with van der Waals surface area (Å²) in [6.07, 6.45) is 6.27. The van der Waals surface area contributed by atoms with Gasteiger partial charge in [0, 0.05) is 25.7 Å². The van der Waals surface area contributed by atoms with Crippen molar-refractivity contribution in [3.8, 4) is 0 Å². The highest BCUT2D eigenvalue weighted by molar-refractivity contribution is 4.93. The van der Waals surface area contributed by atoms with Crippen LogP contribution < -0.4 is 11.1 Å². The zero-order valence-corrected chi connectivity index (χ0v) is 11.1. The van der Waals surface area contributed by atoms with Gasteiger partial charge in [-0.3, -0.25) is 0 Å². The zero-order chi connectivity index (χ0) is 12.1. The van der Waals surface area contributed by atoms with Crippen molar-refractivity contribution >= 4 is 0 Å². The minimum absolute atomic E-state index is 0.159. The van der Waals surface area contributed by atoms with Crippen LogP contribution in [0, 0.1) is 5.41 Å². The molecule has 0 amide bonds. The molecule has 0 aliphatic heterocycles. The van der Waals surface area contributed by atoms with E-state index in [-0.39, 0.29) is 5.54 Å². The number of hydrogen-bond acceptors (Lipinski definition) is 3. The molecule has 0 bridgehead atoms. The largest absolute Gasteiger partial charge is 0.383 e. The predicted octanol–water partition coefficient (Wildman–Crippen LogP) is 1.91. The summed E-state index contributed by atoms with van der Waals surface area (Å²) in [5.41, 5.74) is 6.62. The number of methoxy groups -OCH3 is 1. The molecule has 0 aromatic carbocycles. The van der Waals surface area contributed by atoms with Gasteiger partial charge in [-0.05, 0) is 31.1 Å². The van der Waals surface area contributed by atoms with Crippen molar-refractivity contribution in [2.45, 2.75) is 51.5 Å². The monoisotopic (exact) mass is 228 g/mol. The van der Waals surface area contributed by atoms with Crippen molar-refractivity contribution in [3.63, 3.8) is 0 Å². The smallest absolute Gasteiger partial charge is 0.0587 e. The van der Waals surface area contributed by atoms with Gasteiger partial charge in [0.2, 0.25) is 0 Å². The molecule has 1 aliphatic rings. The molecule has 96 valence electrons. The van der Waals surface area contributed by atoms with Crippen LogP contribution in [0.3, 0.4) is 0 Å². The van der Waals surface area contributed by atoms with Crippen molar-refractivity contribution < 1.29 is 4.74 Å². The Bertz CT molecular complexity index is 206. The Morgan fingerprint density at radius 3 is 2.56 bits per heavy atom. The summed E-state index contributed by atoms with van der Waals surface area (Å²) < 4.78 is 5.09. The second-order valence-electron chi connectivity index (χ2n) is 5.92. The van der Waals surface area contributed by atoms with Gasteiger partial charge in [-0.2, -0.15) is 0 Å². The molecule has 1 fully saturated rings. The van der Waals surface area contributed by atoms with E-state index in [1.54, 1.807) is 7.11 Å². The molecule has 3 heteroatoms. The minimum atomic E-state index is 0.159. The van der Waals surface area contributed by atoms with E-state index in [1.807, 2.05) is 0 Å². The first-order chi connectivity index (χ1) is 7.54. The summed E-state index contributed by atoms with van der Waals surface area (Å²) >= 11 is 0. The van der Waals surface area contributed by atoms with Crippen LogP contribution in [0.5, 0.6) is 0 Å². The van der Waals surface area contributed by atoms with Gasteiger partial charge in [0.25, 0.3) is 0 Å². The molecule has 16 heavy (non-hydrogen) atoms. The van der Waals surface area contributed by atoms with Gasteiger partial charge in [-0.15, -0.1) is 0 Å². The number of hydrogen-bond donors (Lipinski definition) is 2. The van der Waals surface area contributed by atoms with E-state index >= 15 is 0 Å². The Hall–Kier alpha value is -0.120. The molecule has 1 rings (SSSR count). The fourth-order valence-electron chi connectivity index (χ4n) is 2.60. The van der Waals surface area contributed by atoms with Gasteiger partial charge >= 0.3 is 0 Å². The molecule has 0 radical (unpaired) electrons. The van der Waals surface area contributed by atoms with Crippen LogP contribution in [0.15, 0.2) is 0 Å². The molecule has 3 N–H and O–H groups in total. The SMILES string of the molecule is COCCNC1(CN)CCCC(C)(C)CC1. The number of nitrogens with two attached hydrogens (primary N) is 1. The average Bonchev–Trinajstić information content (AvgIpc) is 2.39. The molecular weight excluding hydrogens is 200 g/mol. The number of ether oxygens (including phenoxy) is 1. The van der Waals surface area contributed by atoms with Crippen LogP contribution in [0.4, 0.5) is 0 Å². The van der Waals surface area contributed by atoms with Crippen molar-refractivity contribution in [1.82, 2.24) is 5.32 Å². The second-order valence-corrected chi connectivity index (χ2v) is 5.92. The van der Waals surface area contributed by atoms with E-state index in [0.29, 0.717) is 5.41 Å². The highest BCUT2D eigenvalue weighted by atomic mass is 16.5. The first-order valence-corrected chi connectivity index (χ1v) is 6.48. The quantitative estimate of drug-likeness (QED) is 0.558. The number of nitrogens with one attached hydrogen (secondary N) is 1. The van der Waals surface area contributed by atoms with E-state index in [1.165, 1.54) is 32.1 Å². The fraction of sp³-hybridized carbons (Fsp3) is 1.00. The van der Waals surface area contributed by atoms with Gasteiger partial charge in [0.05, 0.1) is 6.61 Å². The Balaban J connectivity index is 2.51. The maximum Gasteiger partial charge on any atom is 0.0587 e. The summed E-state index contributed by atoms with van der Waals surface area (Å²) in [5.74, 6) is 0. The summed E-state index contributed by atoms with van der Waals surface area (Å²) in [5, 5.41) is 3.61. The molecule has 1 saturated carbocycles. The van der Waals surface area contributed by atoms with Crippen LogP contribution >= 0.6 is 0 Å². The maximum absolute atomic E-state index is 5.98. The van der Waals surface area contributed by atoms with Crippen molar-refractivity contribution in [2.75, 3.05) is 26.8 Å². The van der Waals surface area contributed by atoms with E-state index in [4.69, 9.17) is 10.5 Å². The summed E-state index contributed by atoms with van der Waals surface area (Å²) in [6, 6.07) is 0. The van der Waals surface area contributed by atoms with Crippen LogP contribution in [0.2, 0.25) is 0 Å². The predicted molar refractivity (Wildman–Crippen MR) is 68.5 cm³/mol. The van der Waals surface area contributed by atoms with Gasteiger partial charge in [0.1, 0.15) is 0 Å². The Kier molecular flexibility index (Phi) is 5.22. The van der Waals surface area contributed by atoms with Crippen LogP contribution in [-0.4, -0.2) is 32.3 Å². The highest BCUT2D eigenvalue weighted by Crippen LogP contribution is 2.37. The topological polar surface area (TPSA) is 47.3 Å². The molecule has 1 aliphatic carbocycles. The molecule has 0 spiro atoms. The Labute approximate surface area is 100 Å². The van der Waals surface area contributed by atoms with Gasteiger partial charge in [-0.25, -0.2) is 0 Å². The van der Waals surface area contributed by atoms with Crippen molar-refractivity contribution in [3.05, 3.63) is 0 Å². The molecule has 0 aromatic heterocycles. The molecular formula is C13H28N2O. The lowest BCUT2D eigenvalue weighted by atomic mass is 9.83. The molecule has 1 unspecified atom stereocenters. The van der Waals surface area contributed by atoms with E-state index < -0.39 is 0 Å². The maximum atomic E-state index is 5.98. The third kappa shape index (κ3) is 4.04. The number of rotatable bonds is 5. The Morgan fingerprint density at radius 1 is 1.19 bits per heavy atom. The van der Waals surface area contributed by atoms with Crippen LogP contribution in [-0.2, 0) is 4.74 Å². The summed E-state index contributed by atoms with van der Waals surface area (Å²) in [7, 11) is 1.74. The summed E-state index contributed by atoms with van der Waals surface area (Å²) in [6.45, 7) is 7.16. The van der Waals surface area contributed by atoms with E-state index in [0.717, 1.165) is 19.7 Å². The lowest BCUT2D eigenvalue weighted by Crippen LogP contribution is -2.52. The van der Waals surface area contributed by atoms with Crippen LogP contribution in [0.1, 0.15) is 46.0 Å². The van der Waals surface area contributed by atoms with E-state index in [9.17, 15) is 0 Å². The third-order valence-electron chi connectivity index (χ3n) is 3.99. The molecule has 1 atom stereocenters. The normalized spacial score (nSPS) is 30.0. The first kappa shape index (κ1) is 13.9. The first-order valence-electron chi connectivity index (χ1n) is 6.48. The Morgan fingerprint density at radius 2 is 1.94 bits per heavy atom. The average molecular weight is 228 g/mol. The molecule has 0 aromatic rings. The zero-order valence-electron chi connectivity index (χ0n) is 11.1. The summed E-state index contributed by atoms with van der Waals surface area (Å²) in [4.78, 5) is 0. The van der Waals surface area contributed by atoms with E-state index in [2.05, 4.69) is 19.2 Å². The van der Waals surface area contributed by atoms with Crippen molar-refractivity contribution in [2.24, 2.45) is 11.1 Å². The van der Waals surface area contributed by atoms with Gasteiger partial charge in [-0.1, -0.05) is 20.3 Å². The minimum Gasteiger partial charge on any atom is -0.383 e. The van der Waals surface area contributed by atoms with Gasteiger partial charge < -0.3 is 15.8 Å². The van der Waals surface area contributed by atoms with Crippen molar-refractivity contribution in [1.29, 1.82) is 0 Å². The lowest BCUT2D eigenvalue weighted by molar-refractivity contribution is 0.177. The molecule has 0 saturated heterocycles. The lowest BCUT2D eigenvalue weighted by Gasteiger charge is -2.33. The molecule has 0 heterocycles. The second kappa shape index (κ2) is 5.99. The molecule has 3 nitrogen and oxygen atoms in total. The van der Waals surface area contributed by atoms with Crippen LogP contribution in [0.25, 0.3) is 0 Å².